The normalized spacial score (nSPS) is 12.6. The molecule has 20 nitrogen and oxygen atoms in total. The van der Waals surface area contributed by atoms with Crippen LogP contribution in [-0.2, 0) is 63.9 Å². The number of pyridine rings is 1. The van der Waals surface area contributed by atoms with E-state index in [2.05, 4.69) is 15.6 Å². The molecule has 0 radical (unpaired) electrons. The number of aliphatic hydroxyl groups is 1. The molecule has 1 aromatic heterocycles. The molecule has 0 saturated heterocycles. The highest BCUT2D eigenvalue weighted by Crippen LogP contribution is 2.30. The lowest BCUT2D eigenvalue weighted by Crippen LogP contribution is -2.33. The average molecular weight is 948 g/mol. The zero-order valence-electron chi connectivity index (χ0n) is 37.7. The summed E-state index contributed by atoms with van der Waals surface area (Å²) in [4.78, 5) is 42.8. The van der Waals surface area contributed by atoms with Gasteiger partial charge in [-0.25, -0.2) is 13.4 Å². The van der Waals surface area contributed by atoms with Crippen LogP contribution in [0.1, 0.15) is 27.9 Å². The third-order valence-corrected chi connectivity index (χ3v) is 11.4. The summed E-state index contributed by atoms with van der Waals surface area (Å²) >= 11 is 0. The van der Waals surface area contributed by atoms with Crippen molar-refractivity contribution in [3.63, 3.8) is 0 Å². The van der Waals surface area contributed by atoms with Gasteiger partial charge in [0, 0.05) is 48.9 Å². The third-order valence-electron chi connectivity index (χ3n) is 9.72. The first-order valence-corrected chi connectivity index (χ1v) is 23.6. The van der Waals surface area contributed by atoms with Gasteiger partial charge in [0.2, 0.25) is 11.8 Å². The number of ether oxygens (including phenoxy) is 9. The number of sulfone groups is 1. The van der Waals surface area contributed by atoms with Crippen LogP contribution in [0.4, 0.5) is 5.82 Å². The number of hydrogen-bond acceptors (Lipinski definition) is 17. The Morgan fingerprint density at radius 2 is 1.24 bits per heavy atom. The van der Waals surface area contributed by atoms with Crippen LogP contribution in [-0.4, -0.2) is 185 Å². The number of nitrogens with zero attached hydrogens (tertiary/aromatic N) is 2. The molecule has 21 heteroatoms. The second kappa shape index (κ2) is 31.2. The first kappa shape index (κ1) is 53.8. The number of aryl methyl sites for hydroxylation is 1. The highest BCUT2D eigenvalue weighted by molar-refractivity contribution is 7.91. The van der Waals surface area contributed by atoms with Gasteiger partial charge in [-0.2, -0.15) is 0 Å². The zero-order valence-corrected chi connectivity index (χ0v) is 38.5. The van der Waals surface area contributed by atoms with Crippen molar-refractivity contribution in [3.8, 4) is 16.9 Å². The average Bonchev–Trinajstić information content (AvgIpc) is 3.53. The maximum Gasteiger partial charge on any atom is 0.254 e. The molecule has 1 aliphatic heterocycles. The predicted octanol–water partition coefficient (Wildman–Crippen LogP) is 1.20. The van der Waals surface area contributed by atoms with Crippen molar-refractivity contribution >= 4 is 33.4 Å². The van der Waals surface area contributed by atoms with E-state index >= 15 is 0 Å². The van der Waals surface area contributed by atoms with Gasteiger partial charge < -0.3 is 69.0 Å². The molecule has 4 rings (SSSR count). The molecule has 0 bridgehead atoms. The van der Waals surface area contributed by atoms with E-state index in [1.165, 1.54) is 18.2 Å². The maximum atomic E-state index is 13.7. The number of rotatable bonds is 34. The van der Waals surface area contributed by atoms with Gasteiger partial charge in [0.05, 0.1) is 123 Å². The van der Waals surface area contributed by atoms with Crippen molar-refractivity contribution < 1.29 is 70.5 Å². The van der Waals surface area contributed by atoms with E-state index in [4.69, 9.17) is 53.5 Å². The van der Waals surface area contributed by atoms with Crippen molar-refractivity contribution in [3.05, 3.63) is 71.4 Å². The molecule has 0 atom stereocenters. The fourth-order valence-electron chi connectivity index (χ4n) is 6.22. The van der Waals surface area contributed by atoms with Gasteiger partial charge in [-0.15, -0.1) is 0 Å². The van der Waals surface area contributed by atoms with Gasteiger partial charge in [0.15, 0.2) is 9.84 Å². The smallest absolute Gasteiger partial charge is 0.254 e. The summed E-state index contributed by atoms with van der Waals surface area (Å²) in [5.41, 5.74) is 9.30. The van der Waals surface area contributed by atoms with E-state index in [-0.39, 0.29) is 48.6 Å². The minimum Gasteiger partial charge on any atom is -0.491 e. The van der Waals surface area contributed by atoms with Crippen molar-refractivity contribution in [2.75, 3.05) is 150 Å². The number of amides is 3. The van der Waals surface area contributed by atoms with Crippen molar-refractivity contribution in [2.45, 2.75) is 24.8 Å². The Hall–Kier alpha value is -4.81. The summed E-state index contributed by atoms with van der Waals surface area (Å²) < 4.78 is 75.7. The summed E-state index contributed by atoms with van der Waals surface area (Å²) in [7, 11) is -3.75. The fourth-order valence-corrected chi connectivity index (χ4v) is 7.46. The molecule has 2 heterocycles. The number of aromatic nitrogens is 1. The summed E-state index contributed by atoms with van der Waals surface area (Å²) in [6.07, 6.45) is 1.76. The van der Waals surface area contributed by atoms with Crippen LogP contribution in [0.5, 0.6) is 5.75 Å². The lowest BCUT2D eigenvalue weighted by Gasteiger charge is -2.21. The van der Waals surface area contributed by atoms with Crippen molar-refractivity contribution in [2.24, 2.45) is 0 Å². The Labute approximate surface area is 386 Å². The number of nitrogen functional groups attached to an aromatic ring is 1. The monoisotopic (exact) mass is 947 g/mol. The van der Waals surface area contributed by atoms with E-state index in [9.17, 15) is 22.8 Å². The number of anilines is 1. The Morgan fingerprint density at radius 3 is 1.79 bits per heavy atom. The van der Waals surface area contributed by atoms with Gasteiger partial charge >= 0.3 is 0 Å². The van der Waals surface area contributed by atoms with Crippen LogP contribution in [0, 0.1) is 6.92 Å². The molecule has 3 aromatic rings. The van der Waals surface area contributed by atoms with Gasteiger partial charge in [0.25, 0.3) is 5.91 Å². The van der Waals surface area contributed by atoms with E-state index < -0.39 is 22.4 Å². The quantitative estimate of drug-likeness (QED) is 0.0614. The van der Waals surface area contributed by atoms with Crippen LogP contribution >= 0.6 is 0 Å². The summed E-state index contributed by atoms with van der Waals surface area (Å²) in [6.45, 7) is 8.56. The fraction of sp³-hybridized carbons (Fsp3) is 0.556. The van der Waals surface area contributed by atoms with Gasteiger partial charge in [-0.05, 0) is 60.5 Å². The van der Waals surface area contributed by atoms with Crippen molar-refractivity contribution in [1.82, 2.24) is 20.5 Å². The molecular formula is C45H65N5O15S. The van der Waals surface area contributed by atoms with Crippen LogP contribution in [0.2, 0.25) is 0 Å². The van der Waals surface area contributed by atoms with E-state index in [0.29, 0.717) is 141 Å². The molecule has 3 amide bonds. The topological polar surface area (TPSA) is 255 Å². The number of hydrogen-bond donors (Lipinski definition) is 4. The van der Waals surface area contributed by atoms with E-state index in [1.54, 1.807) is 24.1 Å². The SMILES string of the molecule is Cc1cc(S(=O)(=O)CCNC(=O)CCOCCOCCOCCOCCOCCOCCOCCOCCNC(=O)CO)ccc1C(=O)N1CCOc2ccc(-c3ccc(N)nc3)cc2C1. The third kappa shape index (κ3) is 20.8. The minimum absolute atomic E-state index is 0.0660. The first-order chi connectivity index (χ1) is 32.1. The van der Waals surface area contributed by atoms with Crippen LogP contribution in [0.3, 0.4) is 0 Å². The number of fused-ring (bicyclic) bond motifs is 1. The van der Waals surface area contributed by atoms with Gasteiger partial charge in [0.1, 0.15) is 24.8 Å². The Kier molecular flexibility index (Phi) is 25.4. The van der Waals surface area contributed by atoms with E-state index in [0.717, 1.165) is 16.7 Å². The second-order valence-electron chi connectivity index (χ2n) is 14.7. The lowest BCUT2D eigenvalue weighted by molar-refractivity contribution is -0.124. The summed E-state index contributed by atoms with van der Waals surface area (Å²) in [5, 5.41) is 13.7. The number of benzene rings is 2. The summed E-state index contributed by atoms with van der Waals surface area (Å²) in [5.74, 6) is -0.188. The number of carbonyl (C=O) groups excluding carboxylic acids is 3. The molecule has 366 valence electrons. The largest absolute Gasteiger partial charge is 0.491 e. The molecule has 0 spiro atoms. The number of nitrogens with one attached hydrogen (secondary N) is 2. The highest BCUT2D eigenvalue weighted by Gasteiger charge is 2.24. The first-order valence-electron chi connectivity index (χ1n) is 21.9. The Balaban J connectivity index is 0.948. The number of nitrogens with two attached hydrogens (primary N) is 1. The van der Waals surface area contributed by atoms with Crippen LogP contribution in [0.25, 0.3) is 11.1 Å². The maximum absolute atomic E-state index is 13.7. The lowest BCUT2D eigenvalue weighted by atomic mass is 10.0. The number of aliphatic hydroxyl groups excluding tert-OH is 1. The van der Waals surface area contributed by atoms with E-state index in [1.807, 2.05) is 24.3 Å². The van der Waals surface area contributed by atoms with Gasteiger partial charge in [-0.1, -0.05) is 6.07 Å². The molecule has 0 saturated carbocycles. The van der Waals surface area contributed by atoms with Crippen LogP contribution in [0.15, 0.2) is 59.6 Å². The molecule has 66 heavy (non-hydrogen) atoms. The Morgan fingerprint density at radius 1 is 0.697 bits per heavy atom. The zero-order chi connectivity index (χ0) is 47.2. The van der Waals surface area contributed by atoms with Crippen molar-refractivity contribution in [1.29, 1.82) is 0 Å². The molecule has 0 aliphatic carbocycles. The predicted molar refractivity (Wildman–Crippen MR) is 242 cm³/mol. The van der Waals surface area contributed by atoms with Gasteiger partial charge in [-0.3, -0.25) is 14.4 Å². The Bertz CT molecular complexity index is 2010. The minimum atomic E-state index is -3.75. The molecule has 0 fully saturated rings. The van der Waals surface area contributed by atoms with Crippen LogP contribution < -0.4 is 21.1 Å². The molecule has 1 aliphatic rings. The number of carbonyl (C=O) groups is 3. The molecule has 2 aromatic carbocycles. The highest BCUT2D eigenvalue weighted by atomic mass is 32.2. The standard InChI is InChI=1S/C45H65N5O15S/c1-35-30-39(4-5-40(35)45(54)50-11-14-65-41-6-2-36(31-38(41)33-50)37-3-7-42(46)49-32-37)66(55,56)29-10-48-43(52)8-12-57-15-17-59-19-21-61-23-25-63-27-28-64-26-24-62-22-20-60-18-16-58-13-9-47-44(53)34-51/h2-7,30-32,51H,8-29,33-34H2,1H3,(H2,46,49)(H,47,53)(H,48,52). The molecule has 5 N–H and O–H groups in total. The molecule has 0 unspecified atom stereocenters. The second-order valence-corrected chi connectivity index (χ2v) is 16.8. The summed E-state index contributed by atoms with van der Waals surface area (Å²) in [6, 6.07) is 13.9. The molecular weight excluding hydrogens is 883 g/mol.